The van der Waals surface area contributed by atoms with Crippen molar-refractivity contribution < 1.29 is 0 Å². The van der Waals surface area contributed by atoms with Gasteiger partial charge in [-0.05, 0) is 42.1 Å². The molecule has 2 aliphatic rings. The molecule has 0 aromatic heterocycles. The van der Waals surface area contributed by atoms with Gasteiger partial charge in [0, 0.05) is 12.0 Å². The molecule has 4 rings (SSSR count). The Hall–Kier alpha value is -1.60. The van der Waals surface area contributed by atoms with Gasteiger partial charge in [-0.1, -0.05) is 48.0 Å². The van der Waals surface area contributed by atoms with Crippen LogP contribution >= 0.6 is 0 Å². The molecule has 1 atom stereocenters. The molecular weight excluding hydrogens is 218 g/mol. The number of benzene rings is 2. The molecule has 0 radical (unpaired) electrons. The Balaban J connectivity index is 2.08. The number of fused-ring (bicyclic) bond motifs is 5. The summed E-state index contributed by atoms with van der Waals surface area (Å²) < 4.78 is 0. The van der Waals surface area contributed by atoms with Crippen LogP contribution in [0.1, 0.15) is 23.1 Å². The van der Waals surface area contributed by atoms with Gasteiger partial charge in [-0.2, -0.15) is 0 Å². The largest absolute Gasteiger partial charge is 0.315 e. The Kier molecular flexibility index (Phi) is 1.98. The quantitative estimate of drug-likeness (QED) is 0.739. The Morgan fingerprint density at radius 1 is 1.00 bits per heavy atom. The molecule has 18 heavy (non-hydrogen) atoms. The first-order valence-electron chi connectivity index (χ1n) is 6.73. The fourth-order valence-corrected chi connectivity index (χ4v) is 3.72. The SMILES string of the molecule is Cc1ccc2c(c1)C1(CCNC1)c1ccccc1-2. The zero-order chi connectivity index (χ0) is 12.2. The highest BCUT2D eigenvalue weighted by atomic mass is 14.9. The van der Waals surface area contributed by atoms with E-state index in [1.54, 1.807) is 0 Å². The lowest BCUT2D eigenvalue weighted by Gasteiger charge is -2.25. The molecule has 0 amide bonds. The molecule has 1 heteroatoms. The van der Waals surface area contributed by atoms with Gasteiger partial charge in [0.05, 0.1) is 0 Å². The topological polar surface area (TPSA) is 12.0 Å². The molecule has 2 aromatic rings. The number of hydrogen-bond acceptors (Lipinski definition) is 1. The van der Waals surface area contributed by atoms with Crippen LogP contribution in [0.2, 0.25) is 0 Å². The molecule has 1 aliphatic carbocycles. The zero-order valence-electron chi connectivity index (χ0n) is 10.7. The van der Waals surface area contributed by atoms with E-state index in [4.69, 9.17) is 0 Å². The number of aryl methyl sites for hydroxylation is 1. The van der Waals surface area contributed by atoms with Gasteiger partial charge in [0.2, 0.25) is 0 Å². The number of rotatable bonds is 0. The van der Waals surface area contributed by atoms with Crippen LogP contribution < -0.4 is 5.32 Å². The van der Waals surface area contributed by atoms with E-state index in [0.29, 0.717) is 0 Å². The summed E-state index contributed by atoms with van der Waals surface area (Å²) in [6.07, 6.45) is 1.22. The number of hydrogen-bond donors (Lipinski definition) is 1. The van der Waals surface area contributed by atoms with E-state index in [0.717, 1.165) is 13.1 Å². The van der Waals surface area contributed by atoms with Crippen molar-refractivity contribution in [3.05, 3.63) is 59.2 Å². The van der Waals surface area contributed by atoms with Gasteiger partial charge < -0.3 is 5.32 Å². The van der Waals surface area contributed by atoms with E-state index in [1.165, 1.54) is 34.2 Å². The molecule has 1 fully saturated rings. The van der Waals surface area contributed by atoms with Crippen molar-refractivity contribution in [1.29, 1.82) is 0 Å². The van der Waals surface area contributed by atoms with Crippen LogP contribution in [-0.2, 0) is 5.41 Å². The fraction of sp³-hybridized carbons (Fsp3) is 0.294. The van der Waals surface area contributed by atoms with E-state index in [2.05, 4.69) is 54.7 Å². The average molecular weight is 235 g/mol. The van der Waals surface area contributed by atoms with Crippen LogP contribution in [0.15, 0.2) is 42.5 Å². The highest BCUT2D eigenvalue weighted by molar-refractivity contribution is 5.81. The molecule has 1 saturated heterocycles. The van der Waals surface area contributed by atoms with Gasteiger partial charge in [0.15, 0.2) is 0 Å². The molecule has 1 spiro atoms. The van der Waals surface area contributed by atoms with Gasteiger partial charge in [0.25, 0.3) is 0 Å². The smallest absolute Gasteiger partial charge is 0.0351 e. The van der Waals surface area contributed by atoms with Crippen molar-refractivity contribution in [3.63, 3.8) is 0 Å². The van der Waals surface area contributed by atoms with Gasteiger partial charge >= 0.3 is 0 Å². The van der Waals surface area contributed by atoms with Crippen molar-refractivity contribution >= 4 is 0 Å². The third kappa shape index (κ3) is 1.15. The van der Waals surface area contributed by atoms with Crippen molar-refractivity contribution in [1.82, 2.24) is 5.32 Å². The summed E-state index contributed by atoms with van der Waals surface area (Å²) in [6.45, 7) is 4.40. The lowest BCUT2D eigenvalue weighted by molar-refractivity contribution is 0.586. The first-order chi connectivity index (χ1) is 8.81. The van der Waals surface area contributed by atoms with Crippen LogP contribution in [0.5, 0.6) is 0 Å². The summed E-state index contributed by atoms with van der Waals surface area (Å²) in [4.78, 5) is 0. The molecule has 1 heterocycles. The summed E-state index contributed by atoms with van der Waals surface area (Å²) in [5.74, 6) is 0. The van der Waals surface area contributed by atoms with Crippen molar-refractivity contribution in [2.24, 2.45) is 0 Å². The maximum atomic E-state index is 3.56. The van der Waals surface area contributed by atoms with Gasteiger partial charge in [-0.25, -0.2) is 0 Å². The molecule has 90 valence electrons. The van der Waals surface area contributed by atoms with Gasteiger partial charge in [-0.3, -0.25) is 0 Å². The Bertz CT molecular complexity index is 621. The molecule has 1 N–H and O–H groups in total. The summed E-state index contributed by atoms with van der Waals surface area (Å²) in [6, 6.07) is 15.9. The lowest BCUT2D eigenvalue weighted by atomic mass is 9.77. The summed E-state index contributed by atoms with van der Waals surface area (Å²) in [7, 11) is 0. The van der Waals surface area contributed by atoms with E-state index in [9.17, 15) is 0 Å². The minimum atomic E-state index is 0.234. The molecule has 0 saturated carbocycles. The maximum absolute atomic E-state index is 3.56. The minimum absolute atomic E-state index is 0.234. The van der Waals surface area contributed by atoms with Crippen LogP contribution in [0.4, 0.5) is 0 Å². The maximum Gasteiger partial charge on any atom is 0.0351 e. The fourth-order valence-electron chi connectivity index (χ4n) is 3.72. The van der Waals surface area contributed by atoms with Crippen LogP contribution in [0.25, 0.3) is 11.1 Å². The van der Waals surface area contributed by atoms with E-state index in [1.807, 2.05) is 0 Å². The molecule has 2 aromatic carbocycles. The predicted molar refractivity (Wildman–Crippen MR) is 74.9 cm³/mol. The van der Waals surface area contributed by atoms with Crippen LogP contribution in [0, 0.1) is 6.92 Å². The molecule has 1 aliphatic heterocycles. The van der Waals surface area contributed by atoms with Crippen molar-refractivity contribution in [2.45, 2.75) is 18.8 Å². The van der Waals surface area contributed by atoms with Crippen LogP contribution in [0.3, 0.4) is 0 Å². The highest BCUT2D eigenvalue weighted by Gasteiger charge is 2.44. The summed E-state index contributed by atoms with van der Waals surface area (Å²) in [5, 5.41) is 3.56. The third-order valence-corrected chi connectivity index (χ3v) is 4.58. The lowest BCUT2D eigenvalue weighted by Crippen LogP contribution is -2.27. The van der Waals surface area contributed by atoms with E-state index >= 15 is 0 Å². The van der Waals surface area contributed by atoms with Crippen molar-refractivity contribution in [3.8, 4) is 11.1 Å². The Labute approximate surface area is 108 Å². The molecule has 1 nitrogen and oxygen atoms in total. The van der Waals surface area contributed by atoms with Gasteiger partial charge in [0.1, 0.15) is 0 Å². The molecular formula is C17H17N. The van der Waals surface area contributed by atoms with E-state index < -0.39 is 0 Å². The monoisotopic (exact) mass is 235 g/mol. The normalized spacial score (nSPS) is 24.3. The Morgan fingerprint density at radius 2 is 1.83 bits per heavy atom. The minimum Gasteiger partial charge on any atom is -0.315 e. The summed E-state index contributed by atoms with van der Waals surface area (Å²) >= 11 is 0. The second kappa shape index (κ2) is 3.46. The first-order valence-corrected chi connectivity index (χ1v) is 6.73. The third-order valence-electron chi connectivity index (χ3n) is 4.58. The van der Waals surface area contributed by atoms with Crippen LogP contribution in [-0.4, -0.2) is 13.1 Å². The average Bonchev–Trinajstić information content (AvgIpc) is 2.98. The standard InChI is InChI=1S/C17H17N/c1-12-6-7-14-13-4-2-3-5-15(13)17(16(14)10-12)8-9-18-11-17/h2-7,10,18H,8-9,11H2,1H3. The number of nitrogens with one attached hydrogen (secondary N) is 1. The first kappa shape index (κ1) is 10.3. The van der Waals surface area contributed by atoms with E-state index in [-0.39, 0.29) is 5.41 Å². The molecule has 0 bridgehead atoms. The zero-order valence-corrected chi connectivity index (χ0v) is 10.7. The van der Waals surface area contributed by atoms with Gasteiger partial charge in [-0.15, -0.1) is 0 Å². The predicted octanol–water partition coefficient (Wildman–Crippen LogP) is 3.25. The second-order valence-corrected chi connectivity index (χ2v) is 5.60. The summed E-state index contributed by atoms with van der Waals surface area (Å²) in [5.41, 5.74) is 7.55. The Morgan fingerprint density at radius 3 is 2.67 bits per heavy atom. The molecule has 1 unspecified atom stereocenters. The highest BCUT2D eigenvalue weighted by Crippen LogP contribution is 2.51. The second-order valence-electron chi connectivity index (χ2n) is 5.60. The van der Waals surface area contributed by atoms with Crippen molar-refractivity contribution in [2.75, 3.05) is 13.1 Å².